The Bertz CT molecular complexity index is 2010. The summed E-state index contributed by atoms with van der Waals surface area (Å²) in [5.41, 5.74) is 5.59. The van der Waals surface area contributed by atoms with Gasteiger partial charge in [-0.25, -0.2) is 14.8 Å². The molecule has 1 fully saturated rings. The zero-order valence-electron chi connectivity index (χ0n) is 24.3. The second-order valence-electron chi connectivity index (χ2n) is 10.7. The number of nitrogens with zero attached hydrogens (tertiary/aromatic N) is 3. The molecule has 0 radical (unpaired) electrons. The van der Waals surface area contributed by atoms with Gasteiger partial charge in [0.05, 0.1) is 45.6 Å². The molecule has 1 aliphatic rings. The number of aldehydes is 1. The predicted molar refractivity (Wildman–Crippen MR) is 177 cm³/mol. The van der Waals surface area contributed by atoms with Crippen LogP contribution in [-0.2, 0) is 11.3 Å². The molecule has 6 rings (SSSR count). The second kappa shape index (κ2) is 13.0. The van der Waals surface area contributed by atoms with Gasteiger partial charge in [-0.1, -0.05) is 71.2 Å². The molecule has 13 heteroatoms. The maximum Gasteiger partial charge on any atom is 0.407 e. The highest BCUT2D eigenvalue weighted by Gasteiger charge is 2.26. The summed E-state index contributed by atoms with van der Waals surface area (Å²) in [6.45, 7) is 0.180. The van der Waals surface area contributed by atoms with E-state index >= 15 is 0 Å². The van der Waals surface area contributed by atoms with Crippen molar-refractivity contribution < 1.29 is 24.2 Å². The Hall–Kier alpha value is -4.64. The molecule has 0 spiro atoms. The molecule has 0 aliphatic carbocycles. The summed E-state index contributed by atoms with van der Waals surface area (Å²) in [6.07, 6.45) is 0.493. The average Bonchev–Trinajstić information content (AvgIpc) is 3.62. The number of pyridine rings is 2. The third-order valence-corrected chi connectivity index (χ3v) is 9.05. The van der Waals surface area contributed by atoms with Crippen molar-refractivity contribution in [2.24, 2.45) is 0 Å². The van der Waals surface area contributed by atoms with Gasteiger partial charge in [-0.3, -0.25) is 9.59 Å². The van der Waals surface area contributed by atoms with Crippen molar-refractivity contribution in [1.29, 1.82) is 0 Å². The monoisotopic (exact) mass is 677 g/mol. The zero-order valence-corrected chi connectivity index (χ0v) is 26.6. The Kier molecular flexibility index (Phi) is 8.86. The third kappa shape index (κ3) is 5.99. The minimum absolute atomic E-state index is 0.0264. The van der Waals surface area contributed by atoms with E-state index in [1.807, 2.05) is 36.4 Å². The maximum absolute atomic E-state index is 12.0. The number of rotatable bonds is 9. The van der Waals surface area contributed by atoms with Gasteiger partial charge in [0, 0.05) is 46.8 Å². The SMILES string of the molecule is COc1nc(-c2cccc(-c3cccc(-c4ccc5[nH]c(C=O)c(Cl)c5n4)c3Cl)c2Cl)ccc1CN(CC1CCC(=O)N1)C(=O)O. The summed E-state index contributed by atoms with van der Waals surface area (Å²) in [4.78, 5) is 48.4. The number of carbonyl (C=O) groups excluding carboxylic acids is 2. The Labute approximate surface area is 278 Å². The highest BCUT2D eigenvalue weighted by molar-refractivity contribution is 6.39. The molecular weight excluding hydrogens is 653 g/mol. The van der Waals surface area contributed by atoms with Crippen molar-refractivity contribution in [3.63, 3.8) is 0 Å². The zero-order chi connectivity index (χ0) is 32.5. The maximum atomic E-state index is 12.0. The number of amides is 2. The number of aromatic amines is 1. The van der Waals surface area contributed by atoms with Gasteiger partial charge in [-0.15, -0.1) is 0 Å². The number of fused-ring (bicyclic) bond motifs is 1. The Morgan fingerprint density at radius 3 is 2.17 bits per heavy atom. The number of halogens is 3. The van der Waals surface area contributed by atoms with Crippen molar-refractivity contribution in [3.05, 3.63) is 87.0 Å². The van der Waals surface area contributed by atoms with Gasteiger partial charge >= 0.3 is 6.09 Å². The van der Waals surface area contributed by atoms with Crippen LogP contribution in [0.5, 0.6) is 5.88 Å². The number of ether oxygens (including phenoxy) is 1. The number of hydrogen-bond acceptors (Lipinski definition) is 6. The number of nitrogens with one attached hydrogen (secondary N) is 2. The van der Waals surface area contributed by atoms with E-state index in [9.17, 15) is 19.5 Å². The van der Waals surface area contributed by atoms with Gasteiger partial charge in [0.25, 0.3) is 0 Å². The molecule has 1 unspecified atom stereocenters. The average molecular weight is 679 g/mol. The van der Waals surface area contributed by atoms with Crippen LogP contribution in [0.3, 0.4) is 0 Å². The summed E-state index contributed by atoms with van der Waals surface area (Å²) in [5, 5.41) is 13.7. The molecule has 0 saturated carbocycles. The lowest BCUT2D eigenvalue weighted by molar-refractivity contribution is -0.119. The minimum atomic E-state index is -1.11. The fourth-order valence-corrected chi connectivity index (χ4v) is 6.46. The van der Waals surface area contributed by atoms with Gasteiger partial charge in [-0.05, 0) is 30.7 Å². The van der Waals surface area contributed by atoms with Crippen molar-refractivity contribution in [2.75, 3.05) is 13.7 Å². The minimum Gasteiger partial charge on any atom is -0.481 e. The lowest BCUT2D eigenvalue weighted by atomic mass is 9.98. The summed E-state index contributed by atoms with van der Waals surface area (Å²) in [6, 6.07) is 17.9. The Balaban J connectivity index is 1.32. The number of aromatic nitrogens is 3. The van der Waals surface area contributed by atoms with E-state index in [0.29, 0.717) is 79.4 Å². The molecule has 10 nitrogen and oxygen atoms in total. The van der Waals surface area contributed by atoms with Gasteiger partial charge in [-0.2, -0.15) is 0 Å². The number of methoxy groups -OCH3 is 1. The first-order valence-corrected chi connectivity index (χ1v) is 15.3. The highest BCUT2D eigenvalue weighted by Crippen LogP contribution is 2.42. The first-order valence-electron chi connectivity index (χ1n) is 14.2. The molecule has 234 valence electrons. The van der Waals surface area contributed by atoms with Crippen LogP contribution in [0.25, 0.3) is 44.7 Å². The van der Waals surface area contributed by atoms with E-state index in [2.05, 4.69) is 20.3 Å². The lowest BCUT2D eigenvalue weighted by Crippen LogP contribution is -2.41. The second-order valence-corrected chi connectivity index (χ2v) is 11.9. The van der Waals surface area contributed by atoms with Crippen LogP contribution in [0.15, 0.2) is 60.7 Å². The highest BCUT2D eigenvalue weighted by atomic mass is 35.5. The van der Waals surface area contributed by atoms with E-state index in [1.54, 1.807) is 24.3 Å². The van der Waals surface area contributed by atoms with Crippen molar-refractivity contribution in [2.45, 2.75) is 25.4 Å². The molecule has 2 amide bonds. The fourth-order valence-electron chi connectivity index (χ4n) is 5.57. The van der Waals surface area contributed by atoms with Gasteiger partial charge in [0.1, 0.15) is 11.2 Å². The molecule has 5 aromatic rings. The van der Waals surface area contributed by atoms with Crippen molar-refractivity contribution >= 4 is 64.1 Å². The van der Waals surface area contributed by atoms with Gasteiger partial charge in [0.15, 0.2) is 6.29 Å². The summed E-state index contributed by atoms with van der Waals surface area (Å²) < 4.78 is 5.56. The fraction of sp³-hybridized carbons (Fsp3) is 0.182. The summed E-state index contributed by atoms with van der Waals surface area (Å²) in [7, 11) is 1.47. The van der Waals surface area contributed by atoms with Crippen LogP contribution in [-0.4, -0.2) is 62.9 Å². The third-order valence-electron chi connectivity index (χ3n) is 7.86. The summed E-state index contributed by atoms with van der Waals surface area (Å²) >= 11 is 20.3. The molecule has 3 aromatic heterocycles. The molecule has 4 heterocycles. The van der Waals surface area contributed by atoms with Crippen molar-refractivity contribution in [3.8, 4) is 39.5 Å². The molecule has 1 aliphatic heterocycles. The normalized spacial score (nSPS) is 14.3. The van der Waals surface area contributed by atoms with Gasteiger partial charge < -0.3 is 25.0 Å². The van der Waals surface area contributed by atoms with Crippen LogP contribution >= 0.6 is 34.8 Å². The van der Waals surface area contributed by atoms with Crippen LogP contribution in [0.2, 0.25) is 15.1 Å². The molecular formula is C33H26Cl3N5O5. The predicted octanol–water partition coefficient (Wildman–Crippen LogP) is 7.50. The molecule has 46 heavy (non-hydrogen) atoms. The molecule has 1 atom stereocenters. The van der Waals surface area contributed by atoms with E-state index in [-0.39, 0.29) is 41.6 Å². The number of benzene rings is 2. The lowest BCUT2D eigenvalue weighted by Gasteiger charge is -2.23. The Morgan fingerprint density at radius 1 is 0.957 bits per heavy atom. The first kappa shape index (κ1) is 31.3. The molecule has 0 bridgehead atoms. The van der Waals surface area contributed by atoms with E-state index in [4.69, 9.17) is 39.5 Å². The number of carbonyl (C=O) groups is 3. The van der Waals surface area contributed by atoms with E-state index < -0.39 is 6.09 Å². The van der Waals surface area contributed by atoms with Crippen molar-refractivity contribution in [1.82, 2.24) is 25.2 Å². The van der Waals surface area contributed by atoms with Crippen LogP contribution in [0.1, 0.15) is 28.9 Å². The number of carboxylic acid groups (broad SMARTS) is 1. The standard InChI is InChI=1S/C33H26Cl3N5O5/c1-46-32-17(14-41(33(44)45)15-18-9-13-27(43)37-18)8-10-24(40-32)22-7-3-5-20(29(22)35)19-4-2-6-21(28(19)34)23-11-12-25-31(39-23)30(36)26(16-42)38-25/h2-8,10-12,16,18,38H,9,13-15H2,1H3,(H,37,43)(H,44,45). The summed E-state index contributed by atoms with van der Waals surface area (Å²) in [5.74, 6) is 0.170. The van der Waals surface area contributed by atoms with E-state index in [0.717, 1.165) is 0 Å². The largest absolute Gasteiger partial charge is 0.481 e. The Morgan fingerprint density at radius 2 is 1.59 bits per heavy atom. The first-order chi connectivity index (χ1) is 22.2. The van der Waals surface area contributed by atoms with Gasteiger partial charge in [0.2, 0.25) is 11.8 Å². The molecule has 1 saturated heterocycles. The molecule has 2 aromatic carbocycles. The van der Waals surface area contributed by atoms with E-state index in [1.165, 1.54) is 12.0 Å². The smallest absolute Gasteiger partial charge is 0.407 e. The van der Waals surface area contributed by atoms with Crippen LogP contribution in [0, 0.1) is 0 Å². The topological polar surface area (TPSA) is 138 Å². The quantitative estimate of drug-likeness (QED) is 0.137. The van der Waals surface area contributed by atoms with Crippen LogP contribution < -0.4 is 10.1 Å². The van der Waals surface area contributed by atoms with Crippen LogP contribution in [0.4, 0.5) is 4.79 Å². The number of H-pyrrole nitrogens is 1. The molecule has 3 N–H and O–H groups in total. The number of hydrogen-bond donors (Lipinski definition) is 3.